The normalized spacial score (nSPS) is 14.5. The molecule has 1 saturated carbocycles. The van der Waals surface area contributed by atoms with Gasteiger partial charge in [0.15, 0.2) is 6.61 Å². The Hall–Kier alpha value is -2.87. The standard InChI is InChI=1S/C23H27N3O4S/c1-3-29-21(27)14-30-18-11-9-16(10-12-18)24-22(28)20-13-19-15(2)25-26(23(19)31-20)17-7-5-4-6-8-17/h9-13,17H,3-8,14H2,1-2H3,(H,24,28). The Bertz CT molecular complexity index is 1060. The number of aryl methyl sites for hydroxylation is 1. The molecular formula is C23H27N3O4S. The molecule has 1 fully saturated rings. The van der Waals surface area contributed by atoms with Crippen LogP contribution in [0.5, 0.6) is 5.75 Å². The fourth-order valence-corrected chi connectivity index (χ4v) is 5.06. The number of nitrogens with zero attached hydrogens (tertiary/aromatic N) is 2. The summed E-state index contributed by atoms with van der Waals surface area (Å²) in [6, 6.07) is 9.30. The lowest BCUT2D eigenvalue weighted by Crippen LogP contribution is -2.14. The first-order chi connectivity index (χ1) is 15.0. The zero-order chi connectivity index (χ0) is 21.8. The molecule has 1 aliphatic carbocycles. The number of aromatic nitrogens is 2. The Morgan fingerprint density at radius 2 is 1.94 bits per heavy atom. The minimum atomic E-state index is -0.410. The minimum Gasteiger partial charge on any atom is -0.482 e. The number of benzene rings is 1. The number of ether oxygens (including phenoxy) is 2. The molecule has 4 rings (SSSR count). The van der Waals surface area contributed by atoms with E-state index in [4.69, 9.17) is 14.6 Å². The smallest absolute Gasteiger partial charge is 0.344 e. The molecule has 2 aromatic heterocycles. The van der Waals surface area contributed by atoms with E-state index in [-0.39, 0.29) is 12.5 Å². The van der Waals surface area contributed by atoms with E-state index in [1.54, 1.807) is 31.2 Å². The van der Waals surface area contributed by atoms with E-state index < -0.39 is 5.97 Å². The van der Waals surface area contributed by atoms with Gasteiger partial charge in [-0.3, -0.25) is 9.48 Å². The second-order valence-electron chi connectivity index (χ2n) is 7.72. The van der Waals surface area contributed by atoms with Crippen LogP contribution in [0.4, 0.5) is 5.69 Å². The third-order valence-electron chi connectivity index (χ3n) is 5.49. The van der Waals surface area contributed by atoms with E-state index in [9.17, 15) is 9.59 Å². The van der Waals surface area contributed by atoms with Crippen LogP contribution in [0.1, 0.15) is 60.4 Å². The van der Waals surface area contributed by atoms with Crippen LogP contribution in [0.2, 0.25) is 0 Å². The lowest BCUT2D eigenvalue weighted by atomic mass is 9.96. The average Bonchev–Trinajstić information content (AvgIpc) is 3.35. The number of anilines is 1. The topological polar surface area (TPSA) is 82.4 Å². The Kier molecular flexibility index (Phi) is 6.56. The molecule has 31 heavy (non-hydrogen) atoms. The molecule has 0 spiro atoms. The van der Waals surface area contributed by atoms with Crippen molar-refractivity contribution in [2.75, 3.05) is 18.5 Å². The fourth-order valence-electron chi connectivity index (χ4n) is 3.93. The molecule has 1 N–H and O–H groups in total. The lowest BCUT2D eigenvalue weighted by Gasteiger charge is -2.22. The summed E-state index contributed by atoms with van der Waals surface area (Å²) in [5, 5.41) is 8.75. The SMILES string of the molecule is CCOC(=O)COc1ccc(NC(=O)c2cc3c(C)nn(C4CCCCC4)c3s2)cc1. The van der Waals surface area contributed by atoms with Crippen LogP contribution in [0.25, 0.3) is 10.2 Å². The summed E-state index contributed by atoms with van der Waals surface area (Å²) in [6.45, 7) is 3.94. The number of thiophene rings is 1. The van der Waals surface area contributed by atoms with Crippen molar-refractivity contribution >= 4 is 39.1 Å². The number of fused-ring (bicyclic) bond motifs is 1. The summed E-state index contributed by atoms with van der Waals surface area (Å²) >= 11 is 1.50. The van der Waals surface area contributed by atoms with Crippen LogP contribution in [0.3, 0.4) is 0 Å². The number of amides is 1. The van der Waals surface area contributed by atoms with Crippen molar-refractivity contribution in [2.45, 2.75) is 52.0 Å². The van der Waals surface area contributed by atoms with Gasteiger partial charge in [0.25, 0.3) is 5.91 Å². The Labute approximate surface area is 185 Å². The van der Waals surface area contributed by atoms with E-state index >= 15 is 0 Å². The first-order valence-electron chi connectivity index (χ1n) is 10.7. The van der Waals surface area contributed by atoms with E-state index in [0.717, 1.165) is 28.8 Å². The van der Waals surface area contributed by atoms with Gasteiger partial charge in [0, 0.05) is 11.1 Å². The molecule has 0 saturated heterocycles. The number of esters is 1. The van der Waals surface area contributed by atoms with Gasteiger partial charge in [-0.2, -0.15) is 5.10 Å². The molecule has 3 aromatic rings. The van der Waals surface area contributed by atoms with Gasteiger partial charge in [-0.15, -0.1) is 11.3 Å². The van der Waals surface area contributed by atoms with Crippen LogP contribution in [-0.2, 0) is 9.53 Å². The molecule has 0 atom stereocenters. The first kappa shape index (κ1) is 21.4. The quantitative estimate of drug-likeness (QED) is 0.516. The summed E-state index contributed by atoms with van der Waals surface area (Å²) in [7, 11) is 0. The van der Waals surface area contributed by atoms with E-state index in [2.05, 4.69) is 10.00 Å². The molecule has 2 heterocycles. The maximum atomic E-state index is 12.8. The molecule has 0 unspecified atom stereocenters. The summed E-state index contributed by atoms with van der Waals surface area (Å²) in [5.41, 5.74) is 1.63. The Morgan fingerprint density at radius 1 is 1.19 bits per heavy atom. The predicted molar refractivity (Wildman–Crippen MR) is 121 cm³/mol. The summed E-state index contributed by atoms with van der Waals surface area (Å²) < 4.78 is 12.4. The van der Waals surface area contributed by atoms with Gasteiger partial charge in [0.1, 0.15) is 10.6 Å². The second-order valence-corrected chi connectivity index (χ2v) is 8.75. The van der Waals surface area contributed by atoms with E-state index in [0.29, 0.717) is 29.0 Å². The Morgan fingerprint density at radius 3 is 2.65 bits per heavy atom. The molecule has 7 nitrogen and oxygen atoms in total. The van der Waals surface area contributed by atoms with E-state index in [1.807, 2.05) is 13.0 Å². The molecule has 8 heteroatoms. The van der Waals surface area contributed by atoms with Crippen molar-refractivity contribution < 1.29 is 19.1 Å². The van der Waals surface area contributed by atoms with E-state index in [1.165, 1.54) is 30.6 Å². The molecule has 164 valence electrons. The minimum absolute atomic E-state index is 0.140. The third kappa shape index (κ3) is 4.90. The van der Waals surface area contributed by atoms with Gasteiger partial charge in [0.05, 0.1) is 23.2 Å². The van der Waals surface area contributed by atoms with Crippen molar-refractivity contribution in [3.05, 3.63) is 40.9 Å². The maximum Gasteiger partial charge on any atom is 0.344 e. The van der Waals surface area contributed by atoms with Crippen molar-refractivity contribution in [1.82, 2.24) is 9.78 Å². The van der Waals surface area contributed by atoms with Gasteiger partial charge in [0.2, 0.25) is 0 Å². The van der Waals surface area contributed by atoms with Crippen LogP contribution in [0, 0.1) is 6.92 Å². The number of nitrogens with one attached hydrogen (secondary N) is 1. The summed E-state index contributed by atoms with van der Waals surface area (Å²) in [5.74, 6) is -0.0150. The van der Waals surface area contributed by atoms with Crippen LogP contribution >= 0.6 is 11.3 Å². The third-order valence-corrected chi connectivity index (χ3v) is 6.61. The highest BCUT2D eigenvalue weighted by Crippen LogP contribution is 2.35. The summed E-state index contributed by atoms with van der Waals surface area (Å²) in [4.78, 5) is 26.0. The maximum absolute atomic E-state index is 12.8. The van der Waals surface area contributed by atoms with Crippen molar-refractivity contribution in [3.63, 3.8) is 0 Å². The fraction of sp³-hybridized carbons (Fsp3) is 0.435. The van der Waals surface area contributed by atoms with Crippen LogP contribution in [0.15, 0.2) is 30.3 Å². The van der Waals surface area contributed by atoms with Gasteiger partial charge < -0.3 is 14.8 Å². The highest BCUT2D eigenvalue weighted by Gasteiger charge is 2.22. The van der Waals surface area contributed by atoms with Crippen molar-refractivity contribution in [1.29, 1.82) is 0 Å². The van der Waals surface area contributed by atoms with Crippen molar-refractivity contribution in [3.8, 4) is 5.75 Å². The zero-order valence-corrected chi connectivity index (χ0v) is 18.7. The van der Waals surface area contributed by atoms with Gasteiger partial charge in [-0.25, -0.2) is 4.79 Å². The predicted octanol–water partition coefficient (Wildman–Crippen LogP) is 5.11. The number of carbonyl (C=O) groups excluding carboxylic acids is 2. The molecule has 0 aliphatic heterocycles. The Balaban J connectivity index is 1.43. The number of hydrogen-bond acceptors (Lipinski definition) is 6. The largest absolute Gasteiger partial charge is 0.482 e. The van der Waals surface area contributed by atoms with Gasteiger partial charge in [-0.1, -0.05) is 19.3 Å². The molecule has 1 aliphatic rings. The number of rotatable bonds is 7. The average molecular weight is 442 g/mol. The number of carbonyl (C=O) groups is 2. The molecule has 1 aromatic carbocycles. The highest BCUT2D eigenvalue weighted by atomic mass is 32.1. The van der Waals surface area contributed by atoms with Crippen LogP contribution < -0.4 is 10.1 Å². The highest BCUT2D eigenvalue weighted by molar-refractivity contribution is 7.20. The molecular weight excluding hydrogens is 414 g/mol. The summed E-state index contributed by atoms with van der Waals surface area (Å²) in [6.07, 6.45) is 6.08. The van der Waals surface area contributed by atoms with Gasteiger partial charge in [-0.05, 0) is 57.0 Å². The van der Waals surface area contributed by atoms with Crippen molar-refractivity contribution in [2.24, 2.45) is 0 Å². The number of hydrogen-bond donors (Lipinski definition) is 1. The van der Waals surface area contributed by atoms with Crippen LogP contribution in [-0.4, -0.2) is 34.9 Å². The second kappa shape index (κ2) is 9.51. The molecule has 0 radical (unpaired) electrons. The molecule has 1 amide bonds. The monoisotopic (exact) mass is 441 g/mol. The zero-order valence-electron chi connectivity index (χ0n) is 17.8. The van der Waals surface area contributed by atoms with Gasteiger partial charge >= 0.3 is 5.97 Å². The molecule has 0 bridgehead atoms. The first-order valence-corrected chi connectivity index (χ1v) is 11.5. The lowest BCUT2D eigenvalue weighted by molar-refractivity contribution is -0.145.